The number of aliphatic imine (C=N–C) groups is 2. The van der Waals surface area contributed by atoms with Crippen LogP contribution in [0.2, 0.25) is 0 Å². The van der Waals surface area contributed by atoms with Gasteiger partial charge in [0.2, 0.25) is 0 Å². The number of nitrogens with zero attached hydrogens (tertiary/aromatic N) is 2. The fraction of sp³-hybridized carbons (Fsp3) is 0.353. The van der Waals surface area contributed by atoms with Gasteiger partial charge in [-0.2, -0.15) is 0 Å². The van der Waals surface area contributed by atoms with Gasteiger partial charge in [0.15, 0.2) is 5.84 Å². The van der Waals surface area contributed by atoms with E-state index in [2.05, 4.69) is 9.98 Å². The summed E-state index contributed by atoms with van der Waals surface area (Å²) < 4.78 is 0. The van der Waals surface area contributed by atoms with Crippen LogP contribution in [0, 0.1) is 11.8 Å². The lowest BCUT2D eigenvalue weighted by Crippen LogP contribution is -2.36. The van der Waals surface area contributed by atoms with Gasteiger partial charge < -0.3 is 15.9 Å². The second-order valence-corrected chi connectivity index (χ2v) is 6.08. The SMILES string of the molecule is CC1C(Cl)=C(C(=O)O)C(N=CN)=NC1C(CO)Cc1ccccc1. The van der Waals surface area contributed by atoms with Crippen molar-refractivity contribution in [1.29, 1.82) is 0 Å². The van der Waals surface area contributed by atoms with E-state index in [9.17, 15) is 15.0 Å². The second-order valence-electron chi connectivity index (χ2n) is 5.67. The molecule has 0 saturated heterocycles. The monoisotopic (exact) mass is 349 g/mol. The van der Waals surface area contributed by atoms with Gasteiger partial charge in [0.25, 0.3) is 0 Å². The molecule has 1 aliphatic heterocycles. The van der Waals surface area contributed by atoms with Gasteiger partial charge in [0, 0.05) is 23.5 Å². The van der Waals surface area contributed by atoms with Crippen LogP contribution in [-0.2, 0) is 11.2 Å². The van der Waals surface area contributed by atoms with Crippen molar-refractivity contribution in [2.24, 2.45) is 27.6 Å². The molecule has 0 radical (unpaired) electrons. The maximum atomic E-state index is 11.4. The molecule has 0 fully saturated rings. The molecule has 6 nitrogen and oxygen atoms in total. The van der Waals surface area contributed by atoms with Gasteiger partial charge in [-0.05, 0) is 12.0 Å². The lowest BCUT2D eigenvalue weighted by Gasteiger charge is -2.31. The van der Waals surface area contributed by atoms with E-state index >= 15 is 0 Å². The molecule has 0 spiro atoms. The Balaban J connectivity index is 2.36. The molecule has 0 bridgehead atoms. The molecular formula is C17H20ClN3O3. The van der Waals surface area contributed by atoms with Crippen LogP contribution in [0.5, 0.6) is 0 Å². The number of benzene rings is 1. The largest absolute Gasteiger partial charge is 0.478 e. The zero-order chi connectivity index (χ0) is 17.7. The van der Waals surface area contributed by atoms with Crippen LogP contribution in [0.15, 0.2) is 50.9 Å². The number of carboxylic acid groups (broad SMARTS) is 1. The maximum Gasteiger partial charge on any atom is 0.340 e. The third-order valence-electron chi connectivity index (χ3n) is 4.11. The fourth-order valence-corrected chi connectivity index (χ4v) is 3.19. The normalized spacial score (nSPS) is 22.5. The van der Waals surface area contributed by atoms with Crippen LogP contribution >= 0.6 is 11.6 Å². The molecule has 0 aliphatic carbocycles. The fourth-order valence-electron chi connectivity index (χ4n) is 2.89. The van der Waals surface area contributed by atoms with Crippen molar-refractivity contribution in [3.05, 3.63) is 46.5 Å². The molecule has 128 valence electrons. The minimum atomic E-state index is -1.20. The van der Waals surface area contributed by atoms with Crippen molar-refractivity contribution in [3.63, 3.8) is 0 Å². The van der Waals surface area contributed by atoms with E-state index < -0.39 is 5.97 Å². The first kappa shape index (κ1) is 18.2. The standard InChI is InChI=1S/C17H20ClN3O3/c1-10-14(18)13(17(23)24)16(20-9-19)21-15(10)12(8-22)7-11-5-3-2-4-6-11/h2-6,9-10,12,15,22H,7-8H2,1H3,(H,23,24)(H2,19,20,21). The Morgan fingerprint density at radius 1 is 1.46 bits per heavy atom. The molecule has 1 aromatic carbocycles. The number of carbonyl (C=O) groups is 1. The quantitative estimate of drug-likeness (QED) is 0.556. The highest BCUT2D eigenvalue weighted by Gasteiger charge is 2.36. The number of nitrogens with two attached hydrogens (primary N) is 1. The summed E-state index contributed by atoms with van der Waals surface area (Å²) in [5.74, 6) is -1.76. The van der Waals surface area contributed by atoms with Crippen LogP contribution in [0.1, 0.15) is 12.5 Å². The molecule has 1 aromatic rings. The predicted molar refractivity (Wildman–Crippen MR) is 94.3 cm³/mol. The Morgan fingerprint density at radius 3 is 2.67 bits per heavy atom. The highest BCUT2D eigenvalue weighted by Crippen LogP contribution is 2.35. The van der Waals surface area contributed by atoms with E-state index in [-0.39, 0.29) is 40.9 Å². The summed E-state index contributed by atoms with van der Waals surface area (Å²) in [6.07, 6.45) is 1.59. The van der Waals surface area contributed by atoms with Crippen molar-refractivity contribution in [2.45, 2.75) is 19.4 Å². The maximum absolute atomic E-state index is 11.4. The van der Waals surface area contributed by atoms with Crippen LogP contribution in [0.25, 0.3) is 0 Å². The van der Waals surface area contributed by atoms with E-state index in [1.165, 1.54) is 0 Å². The summed E-state index contributed by atoms with van der Waals surface area (Å²) >= 11 is 6.28. The van der Waals surface area contributed by atoms with Gasteiger partial charge in [-0.15, -0.1) is 0 Å². The van der Waals surface area contributed by atoms with Gasteiger partial charge in [-0.1, -0.05) is 48.9 Å². The minimum absolute atomic E-state index is 0.00962. The van der Waals surface area contributed by atoms with Crippen LogP contribution in [0.4, 0.5) is 0 Å². The first-order chi connectivity index (χ1) is 11.5. The Labute approximate surface area is 145 Å². The van der Waals surface area contributed by atoms with Gasteiger partial charge in [0.1, 0.15) is 5.57 Å². The lowest BCUT2D eigenvalue weighted by atomic mass is 9.83. The van der Waals surface area contributed by atoms with Crippen molar-refractivity contribution >= 4 is 29.7 Å². The number of dihydropyridines is 1. The molecule has 3 unspecified atom stereocenters. The molecule has 24 heavy (non-hydrogen) atoms. The topological polar surface area (TPSA) is 108 Å². The molecule has 1 aliphatic rings. The number of hydrogen-bond donors (Lipinski definition) is 3. The Morgan fingerprint density at radius 2 is 2.12 bits per heavy atom. The summed E-state index contributed by atoms with van der Waals surface area (Å²) in [4.78, 5) is 19.7. The summed E-state index contributed by atoms with van der Waals surface area (Å²) in [6.45, 7) is 1.70. The van der Waals surface area contributed by atoms with Crippen LogP contribution < -0.4 is 5.73 Å². The number of carboxylic acids is 1. The number of hydrogen-bond acceptors (Lipinski definition) is 4. The van der Waals surface area contributed by atoms with Crippen molar-refractivity contribution in [3.8, 4) is 0 Å². The number of amidine groups is 1. The lowest BCUT2D eigenvalue weighted by molar-refractivity contribution is -0.132. The Hall–Kier alpha value is -2.18. The zero-order valence-electron chi connectivity index (χ0n) is 13.3. The van der Waals surface area contributed by atoms with Crippen molar-refractivity contribution in [2.75, 3.05) is 6.61 Å². The molecule has 1 heterocycles. The highest BCUT2D eigenvalue weighted by atomic mass is 35.5. The number of aliphatic carboxylic acids is 1. The van der Waals surface area contributed by atoms with Crippen LogP contribution in [-0.4, -0.2) is 41.0 Å². The molecule has 0 amide bonds. The van der Waals surface area contributed by atoms with Gasteiger partial charge in [-0.3, -0.25) is 4.99 Å². The van der Waals surface area contributed by atoms with Gasteiger partial charge >= 0.3 is 5.97 Å². The molecular weight excluding hydrogens is 330 g/mol. The second kappa shape index (κ2) is 8.08. The average Bonchev–Trinajstić information content (AvgIpc) is 2.57. The zero-order valence-corrected chi connectivity index (χ0v) is 14.0. The molecule has 0 saturated carbocycles. The van der Waals surface area contributed by atoms with E-state index in [1.807, 2.05) is 30.3 Å². The van der Waals surface area contributed by atoms with E-state index in [0.717, 1.165) is 11.9 Å². The highest BCUT2D eigenvalue weighted by molar-refractivity contribution is 6.37. The van der Waals surface area contributed by atoms with E-state index in [4.69, 9.17) is 17.3 Å². The third kappa shape index (κ3) is 3.83. The number of aliphatic hydroxyl groups is 1. The van der Waals surface area contributed by atoms with E-state index in [1.54, 1.807) is 6.92 Å². The van der Waals surface area contributed by atoms with Crippen LogP contribution in [0.3, 0.4) is 0 Å². The minimum Gasteiger partial charge on any atom is -0.478 e. The summed E-state index contributed by atoms with van der Waals surface area (Å²) in [5.41, 5.74) is 6.22. The first-order valence-corrected chi connectivity index (χ1v) is 7.97. The average molecular weight is 350 g/mol. The third-order valence-corrected chi connectivity index (χ3v) is 4.65. The molecule has 4 N–H and O–H groups in total. The molecule has 0 aromatic heterocycles. The molecule has 2 rings (SSSR count). The molecule has 3 atom stereocenters. The molecule has 7 heteroatoms. The smallest absolute Gasteiger partial charge is 0.340 e. The predicted octanol–water partition coefficient (Wildman–Crippen LogP) is 1.82. The van der Waals surface area contributed by atoms with Crippen molar-refractivity contribution in [1.82, 2.24) is 0 Å². The summed E-state index contributed by atoms with van der Waals surface area (Å²) in [6, 6.07) is 9.33. The number of aliphatic hydroxyl groups excluding tert-OH is 1. The summed E-state index contributed by atoms with van der Waals surface area (Å²) in [7, 11) is 0. The Kier molecular flexibility index (Phi) is 6.11. The summed E-state index contributed by atoms with van der Waals surface area (Å²) in [5, 5.41) is 19.4. The van der Waals surface area contributed by atoms with Crippen molar-refractivity contribution < 1.29 is 15.0 Å². The number of rotatable bonds is 5. The van der Waals surface area contributed by atoms with Gasteiger partial charge in [-0.25, -0.2) is 9.79 Å². The van der Waals surface area contributed by atoms with Gasteiger partial charge in [0.05, 0.1) is 12.4 Å². The number of halogens is 1. The van der Waals surface area contributed by atoms with E-state index in [0.29, 0.717) is 6.42 Å². The first-order valence-electron chi connectivity index (χ1n) is 7.59. The Bertz CT molecular complexity index is 686.